The molecule has 0 fully saturated rings. The minimum absolute atomic E-state index is 0.0607. The van der Waals surface area contributed by atoms with Crippen LogP contribution < -0.4 is 9.80 Å². The fourth-order valence-corrected chi connectivity index (χ4v) is 6.80. The number of aryl methyl sites for hydroxylation is 4. The predicted molar refractivity (Wildman–Crippen MR) is 216 cm³/mol. The van der Waals surface area contributed by atoms with Gasteiger partial charge in [0.1, 0.15) is 0 Å². The Labute approximate surface area is 305 Å². The zero-order valence-corrected chi connectivity index (χ0v) is 30.6. The minimum Gasteiger partial charge on any atom is -0.311 e. The molecule has 0 radical (unpaired) electrons. The second-order valence-corrected chi connectivity index (χ2v) is 14.1. The van der Waals surface area contributed by atoms with E-state index in [9.17, 15) is 0 Å². The third-order valence-corrected chi connectivity index (χ3v) is 9.87. The lowest BCUT2D eigenvalue weighted by Gasteiger charge is -2.27. The molecule has 0 saturated heterocycles. The summed E-state index contributed by atoms with van der Waals surface area (Å²) in [6.07, 6.45) is 0. The molecule has 0 bridgehead atoms. The average molecular weight is 714 g/mol. The second kappa shape index (κ2) is 14.6. The van der Waals surface area contributed by atoms with Gasteiger partial charge in [0.2, 0.25) is 0 Å². The molecule has 7 aromatic carbocycles. The molecule has 7 aromatic rings. The van der Waals surface area contributed by atoms with Gasteiger partial charge >= 0.3 is 0 Å². The number of halogens is 1. The van der Waals surface area contributed by atoms with E-state index in [0.717, 1.165) is 38.6 Å². The van der Waals surface area contributed by atoms with Gasteiger partial charge < -0.3 is 9.80 Å². The fraction of sp³-hybridized carbons (Fsp3) is 0.106. The summed E-state index contributed by atoms with van der Waals surface area (Å²) in [6, 6.07) is 61.9. The first-order valence-electron chi connectivity index (χ1n) is 17.1. The van der Waals surface area contributed by atoms with Gasteiger partial charge in [-0.15, -0.1) is 0 Å². The van der Waals surface area contributed by atoms with Gasteiger partial charge in [-0.25, -0.2) is 0 Å². The molecular formula is C47H41BrN2. The Morgan fingerprint density at radius 3 is 0.740 bits per heavy atom. The molecule has 0 unspecified atom stereocenters. The van der Waals surface area contributed by atoms with Gasteiger partial charge in [0.05, 0.1) is 0 Å². The number of hydrogen-bond acceptors (Lipinski definition) is 2. The minimum atomic E-state index is 0.0607. The van der Waals surface area contributed by atoms with Crippen molar-refractivity contribution in [2.24, 2.45) is 0 Å². The highest BCUT2D eigenvalue weighted by Gasteiger charge is 2.20. The summed E-state index contributed by atoms with van der Waals surface area (Å²) < 4.78 is 1.07. The molecule has 0 heterocycles. The van der Waals surface area contributed by atoms with E-state index < -0.39 is 0 Å². The lowest BCUT2D eigenvalue weighted by Crippen LogP contribution is -2.11. The topological polar surface area (TPSA) is 6.48 Å². The number of benzene rings is 7. The van der Waals surface area contributed by atoms with Crippen molar-refractivity contribution >= 4 is 50.1 Å². The molecule has 0 atom stereocenters. The Balaban J connectivity index is 1.28. The maximum atomic E-state index is 3.65. The molecule has 2 nitrogen and oxygen atoms in total. The van der Waals surface area contributed by atoms with E-state index >= 15 is 0 Å². The molecule has 50 heavy (non-hydrogen) atoms. The smallest absolute Gasteiger partial charge is 0.0461 e. The summed E-state index contributed by atoms with van der Waals surface area (Å²) in [4.78, 5) is 4.66. The van der Waals surface area contributed by atoms with E-state index in [4.69, 9.17) is 0 Å². The summed E-state index contributed by atoms with van der Waals surface area (Å²) >= 11 is 3.65. The monoisotopic (exact) mass is 712 g/mol. The van der Waals surface area contributed by atoms with Gasteiger partial charge in [-0.3, -0.25) is 0 Å². The van der Waals surface area contributed by atoms with Crippen LogP contribution in [-0.2, 0) is 0 Å². The third kappa shape index (κ3) is 7.29. The van der Waals surface area contributed by atoms with E-state index in [1.807, 2.05) is 0 Å². The Kier molecular flexibility index (Phi) is 9.69. The van der Waals surface area contributed by atoms with Crippen molar-refractivity contribution in [1.82, 2.24) is 0 Å². The first kappa shape index (κ1) is 33.1. The molecule has 0 N–H and O–H groups in total. The van der Waals surface area contributed by atoms with Crippen molar-refractivity contribution in [3.63, 3.8) is 0 Å². The first-order valence-corrected chi connectivity index (χ1v) is 17.9. The van der Waals surface area contributed by atoms with Crippen molar-refractivity contribution in [3.05, 3.63) is 213 Å². The van der Waals surface area contributed by atoms with Crippen LogP contribution >= 0.6 is 15.9 Å². The Hall–Kier alpha value is -5.38. The van der Waals surface area contributed by atoms with Gasteiger partial charge in [0.15, 0.2) is 0 Å². The zero-order chi connectivity index (χ0) is 34.6. The van der Waals surface area contributed by atoms with Crippen LogP contribution in [0.2, 0.25) is 0 Å². The quantitative estimate of drug-likeness (QED) is 0.137. The maximum absolute atomic E-state index is 3.65. The lowest BCUT2D eigenvalue weighted by molar-refractivity contribution is 0.975. The van der Waals surface area contributed by atoms with Gasteiger partial charge in [0, 0.05) is 44.5 Å². The van der Waals surface area contributed by atoms with Gasteiger partial charge in [-0.1, -0.05) is 123 Å². The Morgan fingerprint density at radius 1 is 0.300 bits per heavy atom. The molecule has 7 rings (SSSR count). The summed E-state index contributed by atoms with van der Waals surface area (Å²) in [5.41, 5.74) is 15.5. The van der Waals surface area contributed by atoms with E-state index in [-0.39, 0.29) is 5.92 Å². The largest absolute Gasteiger partial charge is 0.311 e. The fourth-order valence-electron chi connectivity index (χ4n) is 6.53. The maximum Gasteiger partial charge on any atom is 0.0461 e. The van der Waals surface area contributed by atoms with E-state index in [1.165, 1.54) is 38.9 Å². The lowest BCUT2D eigenvalue weighted by atomic mass is 9.85. The van der Waals surface area contributed by atoms with Crippen LogP contribution in [0.25, 0.3) is 0 Å². The highest BCUT2D eigenvalue weighted by atomic mass is 79.9. The normalized spacial score (nSPS) is 11.1. The third-order valence-electron chi connectivity index (χ3n) is 9.34. The SMILES string of the molecule is Cc1ccc(N(c2ccc(C)cc2)c2ccc(C(c3ccc(Br)cc3)c3ccc(N(c4ccc(C)cc4)c4ccc(C)cc4)cc3)cc2)cc1. The standard InChI is InChI=1S/C47H41BrN2/c1-33-5-21-41(22-6-33)49(42-23-7-34(2)8-24-42)45-29-15-38(16-30-45)47(37-13-19-40(48)20-14-37)39-17-31-46(32-18-39)50(43-25-9-35(3)10-26-43)44-27-11-36(4)12-28-44/h5-32,47H,1-4H3. The number of hydrogen-bond donors (Lipinski definition) is 0. The number of rotatable bonds is 9. The molecule has 0 aromatic heterocycles. The number of nitrogens with zero attached hydrogens (tertiary/aromatic N) is 2. The van der Waals surface area contributed by atoms with Crippen LogP contribution in [-0.4, -0.2) is 0 Å². The first-order chi connectivity index (χ1) is 24.3. The van der Waals surface area contributed by atoms with Crippen LogP contribution in [0.3, 0.4) is 0 Å². The summed E-state index contributed by atoms with van der Waals surface area (Å²) in [5.74, 6) is 0.0607. The van der Waals surface area contributed by atoms with E-state index in [0.29, 0.717) is 0 Å². The van der Waals surface area contributed by atoms with E-state index in [1.54, 1.807) is 0 Å². The molecule has 0 amide bonds. The Bertz CT molecular complexity index is 1920. The van der Waals surface area contributed by atoms with Crippen LogP contribution in [0, 0.1) is 27.7 Å². The highest BCUT2D eigenvalue weighted by molar-refractivity contribution is 9.10. The van der Waals surface area contributed by atoms with Crippen molar-refractivity contribution in [3.8, 4) is 0 Å². The van der Waals surface area contributed by atoms with Crippen molar-refractivity contribution in [2.45, 2.75) is 33.6 Å². The molecular weight excluding hydrogens is 672 g/mol. The van der Waals surface area contributed by atoms with Gasteiger partial charge in [0.25, 0.3) is 0 Å². The van der Waals surface area contributed by atoms with Crippen molar-refractivity contribution in [2.75, 3.05) is 9.80 Å². The van der Waals surface area contributed by atoms with Crippen LogP contribution in [0.15, 0.2) is 174 Å². The molecule has 0 spiro atoms. The average Bonchev–Trinajstić information content (AvgIpc) is 3.14. The summed E-state index contributed by atoms with van der Waals surface area (Å²) in [6.45, 7) is 8.52. The van der Waals surface area contributed by atoms with Crippen molar-refractivity contribution in [1.29, 1.82) is 0 Å². The van der Waals surface area contributed by atoms with Crippen LogP contribution in [0.1, 0.15) is 44.9 Å². The van der Waals surface area contributed by atoms with Gasteiger partial charge in [-0.2, -0.15) is 0 Å². The second-order valence-electron chi connectivity index (χ2n) is 13.2. The summed E-state index contributed by atoms with van der Waals surface area (Å²) in [7, 11) is 0. The summed E-state index contributed by atoms with van der Waals surface area (Å²) in [5, 5.41) is 0. The Morgan fingerprint density at radius 2 is 0.500 bits per heavy atom. The zero-order valence-electron chi connectivity index (χ0n) is 29.0. The highest BCUT2D eigenvalue weighted by Crippen LogP contribution is 2.40. The molecule has 0 aliphatic rings. The molecule has 0 aliphatic heterocycles. The molecule has 0 aliphatic carbocycles. The van der Waals surface area contributed by atoms with Gasteiger partial charge in [-0.05, 0) is 129 Å². The van der Waals surface area contributed by atoms with E-state index in [2.05, 4.69) is 223 Å². The molecule has 3 heteroatoms. The van der Waals surface area contributed by atoms with Crippen LogP contribution in [0.5, 0.6) is 0 Å². The molecule has 0 saturated carbocycles. The van der Waals surface area contributed by atoms with Crippen molar-refractivity contribution < 1.29 is 0 Å². The number of anilines is 6. The molecule has 246 valence electrons. The predicted octanol–water partition coefficient (Wildman–Crippen LogP) is 13.8. The van der Waals surface area contributed by atoms with Crippen LogP contribution in [0.4, 0.5) is 34.1 Å².